The Balaban J connectivity index is 2.17. The van der Waals surface area contributed by atoms with Crippen molar-refractivity contribution in [2.24, 2.45) is 11.8 Å². The van der Waals surface area contributed by atoms with Gasteiger partial charge >= 0.3 is 5.97 Å². The van der Waals surface area contributed by atoms with Crippen molar-refractivity contribution in [3.05, 3.63) is 29.8 Å². The maximum absolute atomic E-state index is 13.0. The van der Waals surface area contributed by atoms with Crippen molar-refractivity contribution in [1.82, 2.24) is 10.2 Å². The molecule has 4 unspecified atom stereocenters. The number of carbonyl (C=O) groups is 3. The first kappa shape index (κ1) is 18.4. The van der Waals surface area contributed by atoms with Crippen LogP contribution in [0.2, 0.25) is 0 Å². The van der Waals surface area contributed by atoms with E-state index in [9.17, 15) is 14.4 Å². The van der Waals surface area contributed by atoms with Gasteiger partial charge in [0.15, 0.2) is 0 Å². The molecule has 4 atom stereocenters. The molecule has 0 spiro atoms. The SMILES string of the molecule is CCN1C(=O)C2C(c3ccccc3OC)NC(CC)(C(=O)OC)C2C1=O. The molecule has 0 aromatic heterocycles. The van der Waals surface area contributed by atoms with Crippen LogP contribution in [0.15, 0.2) is 24.3 Å². The standard InChI is InChI=1S/C19H24N2O5/c1-5-19(18(24)26-4)14-13(16(22)21(6-2)17(14)23)15(20-19)11-9-7-8-10-12(11)25-3/h7-10,13-15,20H,5-6H2,1-4H3. The zero-order chi connectivity index (χ0) is 19.1. The molecule has 7 heteroatoms. The van der Waals surface area contributed by atoms with Crippen LogP contribution in [0.25, 0.3) is 0 Å². The van der Waals surface area contributed by atoms with Crippen molar-refractivity contribution in [3.8, 4) is 5.75 Å². The van der Waals surface area contributed by atoms with E-state index in [-0.39, 0.29) is 18.4 Å². The molecule has 0 saturated carbocycles. The Bertz CT molecular complexity index is 749. The van der Waals surface area contributed by atoms with E-state index in [1.807, 2.05) is 25.1 Å². The highest BCUT2D eigenvalue weighted by Crippen LogP contribution is 2.51. The van der Waals surface area contributed by atoms with Gasteiger partial charge in [0.05, 0.1) is 26.1 Å². The molecule has 2 amide bonds. The molecule has 2 fully saturated rings. The number of nitrogens with one attached hydrogen (secondary N) is 1. The van der Waals surface area contributed by atoms with Crippen molar-refractivity contribution in [2.45, 2.75) is 31.8 Å². The van der Waals surface area contributed by atoms with Gasteiger partial charge in [0.25, 0.3) is 0 Å². The smallest absolute Gasteiger partial charge is 0.326 e. The quantitative estimate of drug-likeness (QED) is 0.629. The molecule has 0 aliphatic carbocycles. The number of ether oxygens (including phenoxy) is 2. The van der Waals surface area contributed by atoms with E-state index in [0.29, 0.717) is 12.2 Å². The number of benzene rings is 1. The third-order valence-electron chi connectivity index (χ3n) is 5.64. The molecule has 140 valence electrons. The molecule has 0 bridgehead atoms. The van der Waals surface area contributed by atoms with Crippen LogP contribution in [0.5, 0.6) is 5.75 Å². The number of methoxy groups -OCH3 is 2. The van der Waals surface area contributed by atoms with Crippen LogP contribution in [0.3, 0.4) is 0 Å². The molecule has 2 aliphatic rings. The molecule has 26 heavy (non-hydrogen) atoms. The molecule has 1 N–H and O–H groups in total. The Morgan fingerprint density at radius 3 is 2.46 bits per heavy atom. The Labute approximate surface area is 152 Å². The lowest BCUT2D eigenvalue weighted by Gasteiger charge is -2.31. The number of imide groups is 1. The lowest BCUT2D eigenvalue weighted by molar-refractivity contribution is -0.154. The average Bonchev–Trinajstić information content (AvgIpc) is 3.15. The highest BCUT2D eigenvalue weighted by atomic mass is 16.5. The molecule has 3 rings (SSSR count). The summed E-state index contributed by atoms with van der Waals surface area (Å²) in [6.45, 7) is 3.86. The Morgan fingerprint density at radius 2 is 1.88 bits per heavy atom. The van der Waals surface area contributed by atoms with Crippen molar-refractivity contribution in [2.75, 3.05) is 20.8 Å². The minimum atomic E-state index is -1.23. The van der Waals surface area contributed by atoms with E-state index in [2.05, 4.69) is 5.32 Å². The molecule has 0 radical (unpaired) electrons. The maximum Gasteiger partial charge on any atom is 0.326 e. The van der Waals surface area contributed by atoms with Gasteiger partial charge in [-0.25, -0.2) is 0 Å². The number of para-hydroxylation sites is 1. The normalized spacial score (nSPS) is 30.5. The van der Waals surface area contributed by atoms with Gasteiger partial charge in [-0.15, -0.1) is 0 Å². The van der Waals surface area contributed by atoms with Crippen molar-refractivity contribution >= 4 is 17.8 Å². The van der Waals surface area contributed by atoms with E-state index in [0.717, 1.165) is 5.56 Å². The lowest BCUT2D eigenvalue weighted by atomic mass is 9.78. The summed E-state index contributed by atoms with van der Waals surface area (Å²) in [6.07, 6.45) is 0.336. The first-order valence-electron chi connectivity index (χ1n) is 8.81. The predicted octanol–water partition coefficient (Wildman–Crippen LogP) is 1.28. The van der Waals surface area contributed by atoms with E-state index < -0.39 is 29.4 Å². The van der Waals surface area contributed by atoms with Crippen LogP contribution >= 0.6 is 0 Å². The van der Waals surface area contributed by atoms with E-state index in [1.54, 1.807) is 20.1 Å². The van der Waals surface area contributed by atoms with Gasteiger partial charge in [0.2, 0.25) is 11.8 Å². The van der Waals surface area contributed by atoms with Gasteiger partial charge in [-0.2, -0.15) is 0 Å². The zero-order valence-corrected chi connectivity index (χ0v) is 15.4. The summed E-state index contributed by atoms with van der Waals surface area (Å²) >= 11 is 0. The van der Waals surface area contributed by atoms with Crippen LogP contribution in [-0.4, -0.2) is 49.0 Å². The van der Waals surface area contributed by atoms with Gasteiger partial charge in [-0.1, -0.05) is 25.1 Å². The number of fused-ring (bicyclic) bond motifs is 1. The van der Waals surface area contributed by atoms with Crippen molar-refractivity contribution in [3.63, 3.8) is 0 Å². The largest absolute Gasteiger partial charge is 0.496 e. The highest BCUT2D eigenvalue weighted by Gasteiger charge is 2.68. The Morgan fingerprint density at radius 1 is 1.19 bits per heavy atom. The number of carbonyl (C=O) groups excluding carboxylic acids is 3. The van der Waals surface area contributed by atoms with Crippen molar-refractivity contribution in [1.29, 1.82) is 0 Å². The van der Waals surface area contributed by atoms with Crippen LogP contribution in [0, 0.1) is 11.8 Å². The number of esters is 1. The first-order chi connectivity index (χ1) is 12.5. The number of amides is 2. The molecule has 1 aromatic rings. The summed E-state index contributed by atoms with van der Waals surface area (Å²) in [5.41, 5.74) is -0.481. The molecule has 2 aliphatic heterocycles. The number of likely N-dealkylation sites (tertiary alicyclic amines) is 1. The lowest BCUT2D eigenvalue weighted by Crippen LogP contribution is -2.55. The number of hydrogen-bond donors (Lipinski definition) is 1. The topological polar surface area (TPSA) is 84.9 Å². The molecule has 7 nitrogen and oxygen atoms in total. The van der Waals surface area contributed by atoms with E-state index >= 15 is 0 Å². The van der Waals surface area contributed by atoms with Gasteiger partial charge < -0.3 is 9.47 Å². The highest BCUT2D eigenvalue weighted by molar-refractivity contribution is 6.09. The molecular formula is C19H24N2O5. The van der Waals surface area contributed by atoms with Crippen LogP contribution in [-0.2, 0) is 19.1 Å². The van der Waals surface area contributed by atoms with Gasteiger partial charge in [-0.05, 0) is 19.4 Å². The van der Waals surface area contributed by atoms with Crippen LogP contribution < -0.4 is 10.1 Å². The fraction of sp³-hybridized carbons (Fsp3) is 0.526. The second-order valence-corrected chi connectivity index (χ2v) is 6.60. The maximum atomic E-state index is 13.0. The summed E-state index contributed by atoms with van der Waals surface area (Å²) in [5.74, 6) is -1.95. The van der Waals surface area contributed by atoms with Gasteiger partial charge in [0.1, 0.15) is 11.3 Å². The van der Waals surface area contributed by atoms with Crippen LogP contribution in [0.4, 0.5) is 0 Å². The summed E-state index contributed by atoms with van der Waals surface area (Å²) < 4.78 is 10.5. The average molecular weight is 360 g/mol. The monoisotopic (exact) mass is 360 g/mol. The third-order valence-corrected chi connectivity index (χ3v) is 5.64. The first-order valence-corrected chi connectivity index (χ1v) is 8.81. The predicted molar refractivity (Wildman–Crippen MR) is 93.3 cm³/mol. The molecule has 2 heterocycles. The summed E-state index contributed by atoms with van der Waals surface area (Å²) in [5, 5.41) is 3.28. The van der Waals surface area contributed by atoms with E-state index in [4.69, 9.17) is 9.47 Å². The second-order valence-electron chi connectivity index (χ2n) is 6.60. The Kier molecular flexibility index (Phi) is 4.75. The van der Waals surface area contributed by atoms with E-state index in [1.165, 1.54) is 12.0 Å². The Hall–Kier alpha value is -2.41. The van der Waals surface area contributed by atoms with Gasteiger partial charge in [0, 0.05) is 18.2 Å². The molecule has 2 saturated heterocycles. The fourth-order valence-electron chi connectivity index (χ4n) is 4.40. The minimum absolute atomic E-state index is 0.259. The second kappa shape index (κ2) is 6.72. The number of hydrogen-bond acceptors (Lipinski definition) is 6. The minimum Gasteiger partial charge on any atom is -0.496 e. The number of nitrogens with zero attached hydrogens (tertiary/aromatic N) is 1. The summed E-state index contributed by atoms with van der Waals surface area (Å²) in [6, 6.07) is 6.82. The van der Waals surface area contributed by atoms with Gasteiger partial charge in [-0.3, -0.25) is 24.6 Å². The number of rotatable bonds is 5. The fourth-order valence-corrected chi connectivity index (χ4v) is 4.40. The third kappa shape index (κ3) is 2.34. The molecular weight excluding hydrogens is 336 g/mol. The zero-order valence-electron chi connectivity index (χ0n) is 15.4. The molecule has 1 aromatic carbocycles. The summed E-state index contributed by atoms with van der Waals surface area (Å²) in [7, 11) is 2.85. The summed E-state index contributed by atoms with van der Waals surface area (Å²) in [4.78, 5) is 39.9. The van der Waals surface area contributed by atoms with Crippen LogP contribution in [0.1, 0.15) is 31.9 Å². The van der Waals surface area contributed by atoms with Crippen molar-refractivity contribution < 1.29 is 23.9 Å².